The summed E-state index contributed by atoms with van der Waals surface area (Å²) in [5.41, 5.74) is 0.926. The third kappa shape index (κ3) is 2.39. The molecule has 0 aliphatic carbocycles. The number of nitrogens with zero attached hydrogens (tertiary/aromatic N) is 1. The average molecular weight is 328 g/mol. The highest BCUT2D eigenvalue weighted by atomic mass is 16.2. The van der Waals surface area contributed by atoms with E-state index in [1.54, 1.807) is 12.1 Å². The van der Waals surface area contributed by atoms with E-state index in [9.17, 15) is 9.59 Å². The minimum Gasteiger partial charge on any atom is -0.306 e. The van der Waals surface area contributed by atoms with E-state index >= 15 is 0 Å². The number of amides is 2. The molecule has 1 aromatic carbocycles. The van der Waals surface area contributed by atoms with E-state index in [4.69, 9.17) is 0 Å². The van der Waals surface area contributed by atoms with Crippen LogP contribution in [-0.4, -0.2) is 33.8 Å². The maximum absolute atomic E-state index is 12.9. The number of carbonyl (C=O) groups is 2. The molecular weight excluding hydrogens is 300 g/mol. The number of rotatable bonds is 3. The lowest BCUT2D eigenvalue weighted by molar-refractivity contribution is 0.00762. The highest BCUT2D eigenvalue weighted by molar-refractivity contribution is 6.21. The fourth-order valence-corrected chi connectivity index (χ4v) is 4.38. The van der Waals surface area contributed by atoms with Crippen LogP contribution in [0.25, 0.3) is 0 Å². The van der Waals surface area contributed by atoms with E-state index in [1.807, 2.05) is 12.1 Å². The van der Waals surface area contributed by atoms with Crippen molar-refractivity contribution in [3.63, 3.8) is 0 Å². The molecule has 130 valence electrons. The van der Waals surface area contributed by atoms with Gasteiger partial charge in [-0.05, 0) is 51.2 Å². The van der Waals surface area contributed by atoms with Gasteiger partial charge in [0, 0.05) is 17.1 Å². The van der Waals surface area contributed by atoms with E-state index in [-0.39, 0.29) is 34.9 Å². The standard InChI is InChI=1S/C20H28N2O2/c1-6-19(4)12-16(13(3)20(5,7-2)21-19)22-17(23)14-10-8-9-11-15(14)18(22)24/h8-11,13,16,21H,6-7,12H2,1-5H3. The Morgan fingerprint density at radius 3 is 2.08 bits per heavy atom. The summed E-state index contributed by atoms with van der Waals surface area (Å²) in [6.45, 7) is 10.9. The third-order valence-corrected chi connectivity index (χ3v) is 6.50. The van der Waals surface area contributed by atoms with Gasteiger partial charge in [-0.25, -0.2) is 0 Å². The van der Waals surface area contributed by atoms with Crippen molar-refractivity contribution in [3.05, 3.63) is 35.4 Å². The topological polar surface area (TPSA) is 49.4 Å². The summed E-state index contributed by atoms with van der Waals surface area (Å²) in [4.78, 5) is 27.4. The first kappa shape index (κ1) is 17.2. The number of hydrogen-bond donors (Lipinski definition) is 1. The third-order valence-electron chi connectivity index (χ3n) is 6.50. The second kappa shape index (κ2) is 5.69. The van der Waals surface area contributed by atoms with Gasteiger partial charge >= 0.3 is 0 Å². The van der Waals surface area contributed by atoms with Crippen LogP contribution in [0.4, 0.5) is 0 Å². The summed E-state index contributed by atoms with van der Waals surface area (Å²) >= 11 is 0. The van der Waals surface area contributed by atoms with Gasteiger partial charge in [-0.15, -0.1) is 0 Å². The first-order chi connectivity index (χ1) is 11.3. The highest BCUT2D eigenvalue weighted by Gasteiger charge is 2.52. The molecule has 4 unspecified atom stereocenters. The second-order valence-electron chi connectivity index (χ2n) is 7.90. The van der Waals surface area contributed by atoms with Gasteiger partial charge in [-0.1, -0.05) is 32.9 Å². The van der Waals surface area contributed by atoms with Crippen molar-refractivity contribution in [2.45, 2.75) is 71.0 Å². The molecule has 0 bridgehead atoms. The number of hydrogen-bond acceptors (Lipinski definition) is 3. The molecule has 2 heterocycles. The van der Waals surface area contributed by atoms with Crippen LogP contribution in [0.3, 0.4) is 0 Å². The minimum absolute atomic E-state index is 0.0722. The number of carbonyl (C=O) groups excluding carboxylic acids is 2. The zero-order chi connectivity index (χ0) is 17.7. The Hall–Kier alpha value is -1.68. The minimum atomic E-state index is -0.133. The summed E-state index contributed by atoms with van der Waals surface area (Å²) in [6, 6.07) is 7.10. The van der Waals surface area contributed by atoms with Crippen molar-refractivity contribution in [1.82, 2.24) is 10.2 Å². The van der Waals surface area contributed by atoms with E-state index in [0.717, 1.165) is 19.3 Å². The molecule has 2 aliphatic rings. The molecule has 4 heteroatoms. The first-order valence-electron chi connectivity index (χ1n) is 9.02. The number of nitrogens with one attached hydrogen (secondary N) is 1. The maximum atomic E-state index is 12.9. The fourth-order valence-electron chi connectivity index (χ4n) is 4.38. The lowest BCUT2D eigenvalue weighted by Crippen LogP contribution is -2.69. The summed E-state index contributed by atoms with van der Waals surface area (Å²) in [5.74, 6) is -0.0677. The number of fused-ring (bicyclic) bond motifs is 1. The predicted molar refractivity (Wildman–Crippen MR) is 95.0 cm³/mol. The second-order valence-corrected chi connectivity index (χ2v) is 7.90. The van der Waals surface area contributed by atoms with Gasteiger partial charge in [0.25, 0.3) is 11.8 Å². The number of piperidine rings is 1. The Bertz CT molecular complexity index is 651. The largest absolute Gasteiger partial charge is 0.306 e. The van der Waals surface area contributed by atoms with Crippen molar-refractivity contribution >= 4 is 11.8 Å². The molecule has 2 aliphatic heterocycles. The SMILES string of the molecule is CCC1(C)CC(N2C(=O)c3ccccc3C2=O)C(C)C(C)(CC)N1. The summed E-state index contributed by atoms with van der Waals surface area (Å²) in [5, 5.41) is 3.81. The Morgan fingerprint density at radius 1 is 1.08 bits per heavy atom. The first-order valence-corrected chi connectivity index (χ1v) is 9.02. The van der Waals surface area contributed by atoms with Crippen LogP contribution in [0, 0.1) is 5.92 Å². The zero-order valence-corrected chi connectivity index (χ0v) is 15.3. The van der Waals surface area contributed by atoms with Crippen LogP contribution in [0.1, 0.15) is 74.6 Å². The summed E-state index contributed by atoms with van der Waals surface area (Å²) in [7, 11) is 0. The van der Waals surface area contributed by atoms with Gasteiger partial charge in [0.2, 0.25) is 0 Å². The van der Waals surface area contributed by atoms with E-state index < -0.39 is 0 Å². The van der Waals surface area contributed by atoms with Crippen LogP contribution in [0.5, 0.6) is 0 Å². The monoisotopic (exact) mass is 328 g/mol. The lowest BCUT2D eigenvalue weighted by atomic mass is 9.68. The summed E-state index contributed by atoms with van der Waals surface area (Å²) in [6.07, 6.45) is 2.73. The molecule has 1 fully saturated rings. The Labute approximate surface area is 144 Å². The quantitative estimate of drug-likeness (QED) is 0.862. The van der Waals surface area contributed by atoms with Gasteiger partial charge in [0.1, 0.15) is 0 Å². The van der Waals surface area contributed by atoms with Gasteiger partial charge in [-0.2, -0.15) is 0 Å². The molecular formula is C20H28N2O2. The lowest BCUT2D eigenvalue weighted by Gasteiger charge is -2.55. The molecule has 0 saturated carbocycles. The fraction of sp³-hybridized carbons (Fsp3) is 0.600. The van der Waals surface area contributed by atoms with Crippen molar-refractivity contribution in [3.8, 4) is 0 Å². The Balaban J connectivity index is 2.02. The Kier molecular flexibility index (Phi) is 4.07. The van der Waals surface area contributed by atoms with Crippen LogP contribution >= 0.6 is 0 Å². The molecule has 0 spiro atoms. The van der Waals surface area contributed by atoms with Crippen molar-refractivity contribution in [2.24, 2.45) is 5.92 Å². The molecule has 1 saturated heterocycles. The maximum Gasteiger partial charge on any atom is 0.261 e. The molecule has 4 atom stereocenters. The van der Waals surface area contributed by atoms with Gasteiger partial charge < -0.3 is 5.32 Å². The van der Waals surface area contributed by atoms with Crippen molar-refractivity contribution in [1.29, 1.82) is 0 Å². The molecule has 2 amide bonds. The number of imide groups is 1. The molecule has 4 nitrogen and oxygen atoms in total. The molecule has 0 aromatic heterocycles. The van der Waals surface area contributed by atoms with Gasteiger partial charge in [0.15, 0.2) is 0 Å². The van der Waals surface area contributed by atoms with Crippen LogP contribution < -0.4 is 5.32 Å². The zero-order valence-electron chi connectivity index (χ0n) is 15.3. The molecule has 0 radical (unpaired) electrons. The Morgan fingerprint density at radius 2 is 1.62 bits per heavy atom. The van der Waals surface area contributed by atoms with E-state index in [1.165, 1.54) is 4.90 Å². The van der Waals surface area contributed by atoms with Crippen LogP contribution in [-0.2, 0) is 0 Å². The van der Waals surface area contributed by atoms with Crippen LogP contribution in [0.15, 0.2) is 24.3 Å². The molecule has 1 aromatic rings. The average Bonchev–Trinajstić information content (AvgIpc) is 2.83. The van der Waals surface area contributed by atoms with Crippen molar-refractivity contribution in [2.75, 3.05) is 0 Å². The smallest absolute Gasteiger partial charge is 0.261 e. The van der Waals surface area contributed by atoms with Crippen LogP contribution in [0.2, 0.25) is 0 Å². The van der Waals surface area contributed by atoms with Gasteiger partial charge in [-0.3, -0.25) is 14.5 Å². The normalized spacial score (nSPS) is 36.1. The van der Waals surface area contributed by atoms with Crippen molar-refractivity contribution < 1.29 is 9.59 Å². The van der Waals surface area contributed by atoms with Gasteiger partial charge in [0.05, 0.1) is 11.1 Å². The summed E-state index contributed by atoms with van der Waals surface area (Å²) < 4.78 is 0. The highest BCUT2D eigenvalue weighted by Crippen LogP contribution is 2.41. The molecule has 1 N–H and O–H groups in total. The van der Waals surface area contributed by atoms with E-state index in [2.05, 4.69) is 39.9 Å². The molecule has 24 heavy (non-hydrogen) atoms. The van der Waals surface area contributed by atoms with E-state index in [0.29, 0.717) is 11.1 Å². The number of benzene rings is 1. The predicted octanol–water partition coefficient (Wildman–Crippen LogP) is 3.62. The molecule has 3 rings (SSSR count).